The van der Waals surface area contributed by atoms with Crippen LogP contribution in [0.15, 0.2) is 4.90 Å². The Bertz CT molecular complexity index is 903. The summed E-state index contributed by atoms with van der Waals surface area (Å²) in [6.07, 6.45) is 1.70. The van der Waals surface area contributed by atoms with E-state index < -0.39 is 10.1 Å². The molecule has 0 amide bonds. The Morgan fingerprint density at radius 2 is 1.42 bits per heavy atom. The van der Waals surface area contributed by atoms with Crippen LogP contribution in [-0.2, 0) is 10.1 Å². The molecule has 1 aromatic rings. The lowest BCUT2D eigenvalue weighted by atomic mass is 9.56. The van der Waals surface area contributed by atoms with E-state index in [2.05, 4.69) is 62.3 Å². The van der Waals surface area contributed by atoms with Gasteiger partial charge in [0.15, 0.2) is 11.5 Å². The molecule has 1 aromatic carbocycles. The molecule has 0 spiro atoms. The zero-order valence-corrected chi connectivity index (χ0v) is 22.4. The van der Waals surface area contributed by atoms with Crippen molar-refractivity contribution in [2.24, 2.45) is 22.2 Å². The van der Waals surface area contributed by atoms with E-state index in [4.69, 9.17) is 4.74 Å². The lowest BCUT2D eigenvalue weighted by Gasteiger charge is -2.49. The zero-order valence-electron chi connectivity index (χ0n) is 21.6. The molecular weight excluding hydrogens is 412 g/mol. The van der Waals surface area contributed by atoms with Gasteiger partial charge in [0.05, 0.1) is 7.11 Å². The van der Waals surface area contributed by atoms with Crippen molar-refractivity contribution in [2.75, 3.05) is 7.11 Å². The van der Waals surface area contributed by atoms with Crippen molar-refractivity contribution >= 4 is 10.1 Å². The summed E-state index contributed by atoms with van der Waals surface area (Å²) in [5.74, 6) is 0.168. The third-order valence-corrected chi connectivity index (χ3v) is 7.18. The van der Waals surface area contributed by atoms with Crippen LogP contribution in [0.4, 0.5) is 0 Å². The van der Waals surface area contributed by atoms with Gasteiger partial charge in [-0.15, -0.1) is 0 Å². The molecule has 0 aliphatic rings. The van der Waals surface area contributed by atoms with E-state index in [-0.39, 0.29) is 44.1 Å². The van der Waals surface area contributed by atoms with Gasteiger partial charge in [-0.1, -0.05) is 62.3 Å². The maximum atomic E-state index is 12.7. The molecule has 180 valence electrons. The minimum atomic E-state index is -4.56. The summed E-state index contributed by atoms with van der Waals surface area (Å²) >= 11 is 0. The molecule has 1 rings (SSSR count). The van der Waals surface area contributed by atoms with E-state index in [1.807, 2.05) is 0 Å². The van der Waals surface area contributed by atoms with Crippen LogP contribution >= 0.6 is 0 Å². The van der Waals surface area contributed by atoms with Crippen LogP contribution in [0.3, 0.4) is 0 Å². The van der Waals surface area contributed by atoms with Gasteiger partial charge in [-0.05, 0) is 65.9 Å². The van der Waals surface area contributed by atoms with E-state index in [9.17, 15) is 18.1 Å². The molecular formula is C25H44O5S. The van der Waals surface area contributed by atoms with Gasteiger partial charge in [0, 0.05) is 5.56 Å². The Kier molecular flexibility index (Phi) is 8.00. The van der Waals surface area contributed by atoms with Crippen LogP contribution in [-0.4, -0.2) is 25.2 Å². The lowest BCUT2D eigenvalue weighted by molar-refractivity contribution is 0.0766. The quantitative estimate of drug-likeness (QED) is 0.416. The fourth-order valence-electron chi connectivity index (χ4n) is 6.36. The van der Waals surface area contributed by atoms with E-state index in [1.54, 1.807) is 13.8 Å². The summed E-state index contributed by atoms with van der Waals surface area (Å²) in [4.78, 5) is -0.136. The van der Waals surface area contributed by atoms with Gasteiger partial charge in [-0.25, -0.2) is 0 Å². The number of rotatable bonds is 8. The Labute approximate surface area is 190 Å². The van der Waals surface area contributed by atoms with Gasteiger partial charge < -0.3 is 9.84 Å². The summed E-state index contributed by atoms with van der Waals surface area (Å²) in [6.45, 7) is 22.8. The number of aromatic hydroxyl groups is 1. The van der Waals surface area contributed by atoms with Crippen molar-refractivity contribution in [1.29, 1.82) is 0 Å². The van der Waals surface area contributed by atoms with Crippen molar-refractivity contribution in [3.8, 4) is 11.5 Å². The normalized spacial score (nSPS) is 14.8. The number of hydrogen-bond donors (Lipinski definition) is 2. The number of methoxy groups -OCH3 is 1. The smallest absolute Gasteiger partial charge is 0.295 e. The summed E-state index contributed by atoms with van der Waals surface area (Å²) in [5, 5.41) is 10.9. The Morgan fingerprint density at radius 1 is 0.935 bits per heavy atom. The van der Waals surface area contributed by atoms with E-state index in [0.29, 0.717) is 17.0 Å². The molecule has 0 fully saturated rings. The predicted octanol–water partition coefficient (Wildman–Crippen LogP) is 6.88. The minimum absolute atomic E-state index is 0.00534. The van der Waals surface area contributed by atoms with Crippen LogP contribution in [0.1, 0.15) is 97.8 Å². The number of phenols is 1. The lowest BCUT2D eigenvalue weighted by Crippen LogP contribution is -2.39. The predicted molar refractivity (Wildman–Crippen MR) is 128 cm³/mol. The molecule has 0 aromatic heterocycles. The van der Waals surface area contributed by atoms with Crippen molar-refractivity contribution in [2.45, 2.75) is 99.8 Å². The molecule has 6 heteroatoms. The Morgan fingerprint density at radius 3 is 1.77 bits per heavy atom. The highest BCUT2D eigenvalue weighted by molar-refractivity contribution is 7.86. The number of benzene rings is 1. The topological polar surface area (TPSA) is 83.8 Å². The van der Waals surface area contributed by atoms with E-state index in [1.165, 1.54) is 7.11 Å². The molecule has 0 saturated carbocycles. The third-order valence-electron chi connectivity index (χ3n) is 6.13. The monoisotopic (exact) mass is 456 g/mol. The average molecular weight is 457 g/mol. The molecule has 0 heterocycles. The number of phenolic OH excluding ortho intramolecular Hbond substituents is 1. The molecule has 0 aliphatic carbocycles. The molecule has 1 atom stereocenters. The Balaban J connectivity index is 4.19. The largest absolute Gasteiger partial charge is 0.504 e. The second-order valence-corrected chi connectivity index (χ2v) is 13.5. The van der Waals surface area contributed by atoms with Crippen LogP contribution in [0.25, 0.3) is 0 Å². The van der Waals surface area contributed by atoms with Gasteiger partial charge in [0.25, 0.3) is 10.1 Å². The van der Waals surface area contributed by atoms with Gasteiger partial charge >= 0.3 is 0 Å². The summed E-state index contributed by atoms with van der Waals surface area (Å²) in [6, 6.07) is 0. The molecule has 2 N–H and O–H groups in total. The van der Waals surface area contributed by atoms with E-state index >= 15 is 0 Å². The third kappa shape index (κ3) is 6.16. The van der Waals surface area contributed by atoms with Crippen molar-refractivity contribution in [3.05, 3.63) is 16.7 Å². The van der Waals surface area contributed by atoms with Crippen LogP contribution in [0.5, 0.6) is 11.5 Å². The highest BCUT2D eigenvalue weighted by atomic mass is 32.2. The van der Waals surface area contributed by atoms with Gasteiger partial charge in [0.2, 0.25) is 0 Å². The molecule has 0 radical (unpaired) electrons. The zero-order chi connectivity index (χ0) is 24.7. The van der Waals surface area contributed by atoms with Crippen molar-refractivity contribution in [3.63, 3.8) is 0 Å². The van der Waals surface area contributed by atoms with Crippen LogP contribution in [0.2, 0.25) is 0 Å². The molecule has 0 aliphatic heterocycles. The standard InChI is InChI=1S/C25H44O5S/c1-15(2)13-24(8,9)22(25(10,11)14-23(5,6)7)18-16(3)19(26)20(30-12)17(4)21(18)31(27,28)29/h15,22,26H,13-14H2,1-12H3,(H,27,28,29). The average Bonchev–Trinajstić information content (AvgIpc) is 2.47. The minimum Gasteiger partial charge on any atom is -0.504 e. The van der Waals surface area contributed by atoms with Crippen LogP contribution in [0, 0.1) is 36.0 Å². The molecule has 0 bridgehead atoms. The number of ether oxygens (including phenoxy) is 1. The van der Waals surface area contributed by atoms with E-state index in [0.717, 1.165) is 12.8 Å². The van der Waals surface area contributed by atoms with Gasteiger partial charge in [-0.3, -0.25) is 4.55 Å². The highest BCUT2D eigenvalue weighted by Gasteiger charge is 2.47. The first-order valence-electron chi connectivity index (χ1n) is 11.0. The summed E-state index contributed by atoms with van der Waals surface area (Å²) < 4.78 is 41.0. The first-order valence-corrected chi connectivity index (χ1v) is 12.5. The first kappa shape index (κ1) is 27.8. The number of hydrogen-bond acceptors (Lipinski definition) is 4. The van der Waals surface area contributed by atoms with Crippen molar-refractivity contribution < 1.29 is 22.8 Å². The van der Waals surface area contributed by atoms with Gasteiger partial charge in [0.1, 0.15) is 4.90 Å². The fourth-order valence-corrected chi connectivity index (χ4v) is 7.39. The molecule has 0 saturated heterocycles. The second kappa shape index (κ2) is 8.93. The highest BCUT2D eigenvalue weighted by Crippen LogP contribution is 2.58. The van der Waals surface area contributed by atoms with Gasteiger partial charge in [-0.2, -0.15) is 8.42 Å². The molecule has 1 unspecified atom stereocenters. The maximum absolute atomic E-state index is 12.7. The second-order valence-electron chi connectivity index (χ2n) is 12.1. The summed E-state index contributed by atoms with van der Waals surface area (Å²) in [5.41, 5.74) is 0.553. The SMILES string of the molecule is COc1c(C)c(S(=O)(=O)O)c(C(C(C)(C)CC(C)C)C(C)(C)CC(C)(C)C)c(C)c1O. The fraction of sp³-hybridized carbons (Fsp3) is 0.760. The Hall–Kier alpha value is -1.27. The maximum Gasteiger partial charge on any atom is 0.295 e. The summed E-state index contributed by atoms with van der Waals surface area (Å²) in [7, 11) is -3.18. The van der Waals surface area contributed by atoms with Crippen LogP contribution < -0.4 is 4.74 Å². The molecule has 5 nitrogen and oxygen atoms in total. The molecule has 31 heavy (non-hydrogen) atoms. The first-order chi connectivity index (χ1) is 13.7. The van der Waals surface area contributed by atoms with Crippen molar-refractivity contribution in [1.82, 2.24) is 0 Å².